The maximum atomic E-state index is 8.69. The first kappa shape index (κ1) is 16.0. The molecule has 0 aromatic carbocycles. The Morgan fingerprint density at radius 1 is 0.722 bits per heavy atom. The van der Waals surface area contributed by atoms with Crippen LogP contribution in [0.15, 0.2) is 0 Å². The largest absolute Gasteiger partial charge is 0.396 e. The van der Waals surface area contributed by atoms with Gasteiger partial charge in [-0.25, -0.2) is 0 Å². The number of unbranched alkanes of at least 4 members (excludes halogenated alkanes) is 7. The molecule has 2 nitrogen and oxygen atoms in total. The van der Waals surface area contributed by atoms with Crippen molar-refractivity contribution in [1.29, 1.82) is 0 Å². The average molecular weight is 256 g/mol. The van der Waals surface area contributed by atoms with E-state index >= 15 is 0 Å². The van der Waals surface area contributed by atoms with Crippen LogP contribution in [0.1, 0.15) is 70.6 Å². The third kappa shape index (κ3) is 7.38. The van der Waals surface area contributed by atoms with Gasteiger partial charge in [-0.05, 0) is 38.5 Å². The van der Waals surface area contributed by atoms with E-state index in [0.717, 1.165) is 6.42 Å². The molecule has 0 bridgehead atoms. The second kappa shape index (κ2) is 9.80. The Hall–Kier alpha value is -0.0800. The van der Waals surface area contributed by atoms with Crippen molar-refractivity contribution < 1.29 is 9.59 Å². The monoisotopic (exact) mass is 256 g/mol. The van der Waals surface area contributed by atoms with Gasteiger partial charge in [0.05, 0.1) is 26.7 Å². The van der Waals surface area contributed by atoms with Gasteiger partial charge >= 0.3 is 0 Å². The quantitative estimate of drug-likeness (QED) is 0.466. The number of aliphatic hydroxyl groups excluding tert-OH is 1. The summed E-state index contributed by atoms with van der Waals surface area (Å²) in [4.78, 5) is 0. The van der Waals surface area contributed by atoms with Gasteiger partial charge in [0.25, 0.3) is 0 Å². The molecule has 0 spiro atoms. The lowest BCUT2D eigenvalue weighted by molar-refractivity contribution is -0.914. The van der Waals surface area contributed by atoms with E-state index in [1.54, 1.807) is 0 Å². The average Bonchev–Trinajstić information content (AvgIpc) is 2.38. The molecular formula is C16H34NO+. The summed E-state index contributed by atoms with van der Waals surface area (Å²) < 4.78 is 1.34. The van der Waals surface area contributed by atoms with Crippen molar-refractivity contribution in [3.8, 4) is 0 Å². The van der Waals surface area contributed by atoms with Crippen molar-refractivity contribution in [2.24, 2.45) is 0 Å². The van der Waals surface area contributed by atoms with E-state index in [1.807, 2.05) is 0 Å². The first-order valence-corrected chi connectivity index (χ1v) is 8.21. The molecule has 1 saturated heterocycles. The first-order chi connectivity index (χ1) is 8.77. The number of nitrogens with zero attached hydrogens (tertiary/aromatic N) is 1. The Morgan fingerprint density at radius 3 is 1.78 bits per heavy atom. The van der Waals surface area contributed by atoms with Gasteiger partial charge in [-0.1, -0.05) is 32.1 Å². The molecule has 1 heterocycles. The van der Waals surface area contributed by atoms with Crippen molar-refractivity contribution in [1.82, 2.24) is 0 Å². The van der Waals surface area contributed by atoms with Crippen LogP contribution in [-0.2, 0) is 0 Å². The third-order valence-electron chi connectivity index (χ3n) is 4.50. The second-order valence-corrected chi connectivity index (χ2v) is 6.40. The third-order valence-corrected chi connectivity index (χ3v) is 4.50. The van der Waals surface area contributed by atoms with Gasteiger partial charge < -0.3 is 9.59 Å². The smallest absolute Gasteiger partial charge is 0.0784 e. The van der Waals surface area contributed by atoms with Crippen molar-refractivity contribution in [2.75, 3.05) is 33.3 Å². The number of hydrogen-bond donors (Lipinski definition) is 1. The molecule has 0 radical (unpaired) electrons. The lowest BCUT2D eigenvalue weighted by Gasteiger charge is -2.37. The zero-order valence-corrected chi connectivity index (χ0v) is 12.5. The Labute approximate surface area is 114 Å². The predicted molar refractivity (Wildman–Crippen MR) is 78.7 cm³/mol. The normalized spacial score (nSPS) is 19.0. The molecule has 1 aliphatic heterocycles. The van der Waals surface area contributed by atoms with Crippen LogP contribution in [0.25, 0.3) is 0 Å². The number of rotatable bonds is 10. The number of hydrogen-bond acceptors (Lipinski definition) is 1. The molecule has 0 unspecified atom stereocenters. The number of piperidine rings is 1. The maximum absolute atomic E-state index is 8.69. The molecule has 1 rings (SSSR count). The highest BCUT2D eigenvalue weighted by molar-refractivity contribution is 4.53. The van der Waals surface area contributed by atoms with Crippen LogP contribution in [0.3, 0.4) is 0 Å². The van der Waals surface area contributed by atoms with Crippen LogP contribution in [0.5, 0.6) is 0 Å². The zero-order chi connectivity index (χ0) is 13.1. The Kier molecular flexibility index (Phi) is 8.70. The highest BCUT2D eigenvalue weighted by atomic mass is 16.2. The van der Waals surface area contributed by atoms with Crippen molar-refractivity contribution in [3.63, 3.8) is 0 Å². The Bertz CT molecular complexity index is 188. The van der Waals surface area contributed by atoms with Gasteiger partial charge in [0.15, 0.2) is 0 Å². The predicted octanol–water partition coefficient (Wildman–Crippen LogP) is 3.73. The maximum Gasteiger partial charge on any atom is 0.0784 e. The molecule has 0 atom stereocenters. The highest BCUT2D eigenvalue weighted by Gasteiger charge is 2.23. The SMILES string of the molecule is C[N+]1(CCCCCCCCCCO)CCCCC1. The van der Waals surface area contributed by atoms with E-state index in [9.17, 15) is 0 Å². The van der Waals surface area contributed by atoms with E-state index in [0.29, 0.717) is 6.61 Å². The minimum atomic E-state index is 0.372. The van der Waals surface area contributed by atoms with Gasteiger partial charge in [-0.3, -0.25) is 0 Å². The van der Waals surface area contributed by atoms with Crippen LogP contribution >= 0.6 is 0 Å². The zero-order valence-electron chi connectivity index (χ0n) is 12.5. The fourth-order valence-corrected chi connectivity index (χ4v) is 3.17. The first-order valence-electron chi connectivity index (χ1n) is 8.21. The van der Waals surface area contributed by atoms with Crippen LogP contribution in [0.4, 0.5) is 0 Å². The van der Waals surface area contributed by atoms with E-state index in [4.69, 9.17) is 5.11 Å². The van der Waals surface area contributed by atoms with Gasteiger partial charge in [0.1, 0.15) is 0 Å². The number of quaternary nitrogens is 1. The summed E-state index contributed by atoms with van der Waals surface area (Å²) in [6, 6.07) is 0. The van der Waals surface area contributed by atoms with Gasteiger partial charge in [0, 0.05) is 6.61 Å². The Balaban J connectivity index is 1.86. The molecule has 108 valence electrons. The number of likely N-dealkylation sites (tertiary alicyclic amines) is 1. The standard InChI is InChI=1S/C16H34NO/c1-17(14-10-8-11-15-17)13-9-6-4-2-3-5-7-12-16-18/h18H,2-16H2,1H3/q+1. The Morgan fingerprint density at radius 2 is 1.22 bits per heavy atom. The van der Waals surface area contributed by atoms with Gasteiger partial charge in [-0.2, -0.15) is 0 Å². The molecule has 1 fully saturated rings. The number of aliphatic hydroxyl groups is 1. The summed E-state index contributed by atoms with van der Waals surface area (Å²) in [5.41, 5.74) is 0. The summed E-state index contributed by atoms with van der Waals surface area (Å²) in [5, 5.41) is 8.69. The van der Waals surface area contributed by atoms with E-state index < -0.39 is 0 Å². The molecule has 1 N–H and O–H groups in total. The molecular weight excluding hydrogens is 222 g/mol. The highest BCUT2D eigenvalue weighted by Crippen LogP contribution is 2.18. The summed E-state index contributed by atoms with van der Waals surface area (Å²) >= 11 is 0. The molecule has 0 aromatic heterocycles. The van der Waals surface area contributed by atoms with E-state index in [2.05, 4.69) is 7.05 Å². The van der Waals surface area contributed by atoms with Crippen molar-refractivity contribution >= 4 is 0 Å². The van der Waals surface area contributed by atoms with Crippen LogP contribution in [-0.4, -0.2) is 42.9 Å². The summed E-state index contributed by atoms with van der Waals surface area (Å²) in [5.74, 6) is 0. The molecule has 0 saturated carbocycles. The lowest BCUT2D eigenvalue weighted by atomic mass is 10.1. The molecule has 0 amide bonds. The van der Waals surface area contributed by atoms with E-state index in [-0.39, 0.29) is 0 Å². The van der Waals surface area contributed by atoms with Crippen molar-refractivity contribution in [3.05, 3.63) is 0 Å². The molecule has 0 aliphatic carbocycles. The van der Waals surface area contributed by atoms with Gasteiger partial charge in [-0.15, -0.1) is 0 Å². The minimum Gasteiger partial charge on any atom is -0.396 e. The topological polar surface area (TPSA) is 20.2 Å². The lowest BCUT2D eigenvalue weighted by Crippen LogP contribution is -2.48. The van der Waals surface area contributed by atoms with Crippen molar-refractivity contribution in [2.45, 2.75) is 70.6 Å². The molecule has 18 heavy (non-hydrogen) atoms. The molecule has 2 heteroatoms. The van der Waals surface area contributed by atoms with Crippen LogP contribution < -0.4 is 0 Å². The van der Waals surface area contributed by atoms with Gasteiger partial charge in [0.2, 0.25) is 0 Å². The molecule has 0 aromatic rings. The second-order valence-electron chi connectivity index (χ2n) is 6.40. The summed E-state index contributed by atoms with van der Waals surface area (Å²) in [6.45, 7) is 4.61. The minimum absolute atomic E-state index is 0.372. The summed E-state index contributed by atoms with van der Waals surface area (Å²) in [6.07, 6.45) is 14.9. The molecule has 1 aliphatic rings. The van der Waals surface area contributed by atoms with Crippen LogP contribution in [0, 0.1) is 0 Å². The van der Waals surface area contributed by atoms with Crippen LogP contribution in [0.2, 0.25) is 0 Å². The fraction of sp³-hybridized carbons (Fsp3) is 1.00. The van der Waals surface area contributed by atoms with E-state index in [1.165, 1.54) is 88.3 Å². The fourth-order valence-electron chi connectivity index (χ4n) is 3.17. The summed E-state index contributed by atoms with van der Waals surface area (Å²) in [7, 11) is 2.45.